The van der Waals surface area contributed by atoms with Crippen molar-refractivity contribution in [2.75, 3.05) is 0 Å². The van der Waals surface area contributed by atoms with Crippen molar-refractivity contribution in [3.63, 3.8) is 0 Å². The predicted octanol–water partition coefficient (Wildman–Crippen LogP) is 3.52. The Bertz CT molecular complexity index is 997. The van der Waals surface area contributed by atoms with Crippen molar-refractivity contribution >= 4 is 11.5 Å². The highest BCUT2D eigenvalue weighted by Gasteiger charge is 2.60. The maximum Gasteiger partial charge on any atom is 0.184 e. The monoisotopic (exact) mass is 374 g/mol. The van der Waals surface area contributed by atoms with Crippen LogP contribution in [0.25, 0.3) is 11.1 Å². The molecule has 0 amide bonds. The minimum absolute atomic E-state index is 0.0968. The lowest BCUT2D eigenvalue weighted by molar-refractivity contribution is 0.0233. The van der Waals surface area contributed by atoms with Gasteiger partial charge in [-0.05, 0) is 74.8 Å². The van der Waals surface area contributed by atoms with Gasteiger partial charge < -0.3 is 10.8 Å². The quantitative estimate of drug-likeness (QED) is 0.801. The van der Waals surface area contributed by atoms with Gasteiger partial charge >= 0.3 is 0 Å². The molecule has 28 heavy (non-hydrogen) atoms. The van der Waals surface area contributed by atoms with Crippen LogP contribution in [-0.4, -0.2) is 27.7 Å². The Hall–Kier alpha value is -2.53. The van der Waals surface area contributed by atoms with Crippen molar-refractivity contribution in [2.45, 2.75) is 57.7 Å². The molecule has 1 fully saturated rings. The first kappa shape index (κ1) is 17.6. The van der Waals surface area contributed by atoms with Gasteiger partial charge in [-0.2, -0.15) is 0 Å². The molecule has 1 saturated carbocycles. The van der Waals surface area contributed by atoms with Crippen LogP contribution < -0.4 is 5.73 Å². The number of hydrogen-bond donors (Lipinski definition) is 2. The molecule has 3 aliphatic rings. The Kier molecular flexibility index (Phi) is 3.75. The highest BCUT2D eigenvalue weighted by molar-refractivity contribution is 6.41. The lowest BCUT2D eigenvalue weighted by atomic mass is 9.65. The molecule has 0 saturated heterocycles. The van der Waals surface area contributed by atoms with Crippen molar-refractivity contribution in [3.8, 4) is 11.1 Å². The van der Waals surface area contributed by atoms with Crippen LogP contribution >= 0.6 is 0 Å². The van der Waals surface area contributed by atoms with Crippen molar-refractivity contribution in [3.05, 3.63) is 53.3 Å². The molecule has 2 aromatic rings. The Morgan fingerprint density at radius 3 is 2.50 bits per heavy atom. The number of aliphatic hydroxyl groups is 1. The molecule has 1 atom stereocenters. The molecule has 1 aromatic heterocycles. The van der Waals surface area contributed by atoms with Gasteiger partial charge in [0, 0.05) is 28.9 Å². The third-order valence-electron chi connectivity index (χ3n) is 6.86. The average Bonchev–Trinajstić information content (AvgIpc) is 3.12. The summed E-state index contributed by atoms with van der Waals surface area (Å²) in [4.78, 5) is 14.4. The molecule has 5 rings (SSSR count). The van der Waals surface area contributed by atoms with E-state index >= 15 is 0 Å². The molecule has 5 nitrogen and oxygen atoms in total. The smallest absolute Gasteiger partial charge is 0.184 e. The van der Waals surface area contributed by atoms with Crippen molar-refractivity contribution < 1.29 is 5.11 Å². The summed E-state index contributed by atoms with van der Waals surface area (Å²) in [5.41, 5.74) is 12.2. The number of hydrogen-bond acceptors (Lipinski definition) is 5. The van der Waals surface area contributed by atoms with Crippen LogP contribution in [0.4, 0.5) is 0 Å². The Balaban J connectivity index is 1.68. The number of pyridine rings is 1. The third-order valence-corrected chi connectivity index (χ3v) is 6.86. The zero-order valence-corrected chi connectivity index (χ0v) is 16.4. The fraction of sp³-hybridized carbons (Fsp3) is 0.435. The number of nitrogens with zero attached hydrogens (tertiary/aromatic N) is 3. The Labute approximate surface area is 165 Å². The number of benzene rings is 1. The molecule has 2 heterocycles. The van der Waals surface area contributed by atoms with Gasteiger partial charge in [-0.3, -0.25) is 9.98 Å². The number of aryl methyl sites for hydroxylation is 1. The average molecular weight is 374 g/mol. The molecule has 0 bridgehead atoms. The van der Waals surface area contributed by atoms with Crippen LogP contribution in [0, 0.1) is 12.3 Å². The number of fused-ring (bicyclic) bond motifs is 3. The van der Waals surface area contributed by atoms with Crippen molar-refractivity contribution in [1.82, 2.24) is 4.98 Å². The zero-order valence-electron chi connectivity index (χ0n) is 16.4. The molecule has 1 aromatic carbocycles. The maximum atomic E-state index is 10.1. The summed E-state index contributed by atoms with van der Waals surface area (Å²) in [6, 6.07) is 8.80. The van der Waals surface area contributed by atoms with Gasteiger partial charge in [-0.1, -0.05) is 12.1 Å². The SMILES string of the molecule is CC1=N[C@]2(N=C1N)c1cc(-c3cncc(C)c3)ccc1CC21CCC(O)CC1. The van der Waals surface area contributed by atoms with Crippen LogP contribution in [0.1, 0.15) is 49.3 Å². The minimum atomic E-state index is -0.649. The van der Waals surface area contributed by atoms with Crippen LogP contribution in [0.5, 0.6) is 0 Å². The van der Waals surface area contributed by atoms with E-state index in [2.05, 4.69) is 36.2 Å². The van der Waals surface area contributed by atoms with Crippen LogP contribution in [0.2, 0.25) is 0 Å². The second-order valence-corrected chi connectivity index (χ2v) is 8.68. The molecule has 2 spiro atoms. The highest BCUT2D eigenvalue weighted by atomic mass is 16.3. The summed E-state index contributed by atoms with van der Waals surface area (Å²) in [6.07, 6.45) is 7.93. The summed E-state index contributed by atoms with van der Waals surface area (Å²) in [5, 5.41) is 10.1. The lowest BCUT2D eigenvalue weighted by Gasteiger charge is -2.44. The third kappa shape index (κ3) is 2.39. The van der Waals surface area contributed by atoms with Crippen LogP contribution in [-0.2, 0) is 12.1 Å². The lowest BCUT2D eigenvalue weighted by Crippen LogP contribution is -2.43. The van der Waals surface area contributed by atoms with Gasteiger partial charge in [0.15, 0.2) is 5.66 Å². The van der Waals surface area contributed by atoms with Crippen LogP contribution in [0.3, 0.4) is 0 Å². The van der Waals surface area contributed by atoms with E-state index in [0.717, 1.165) is 54.5 Å². The fourth-order valence-electron chi connectivity index (χ4n) is 5.34. The molecule has 1 aliphatic heterocycles. The molecule has 144 valence electrons. The van der Waals surface area contributed by atoms with Gasteiger partial charge in [0.2, 0.25) is 0 Å². The van der Waals surface area contributed by atoms with E-state index < -0.39 is 5.66 Å². The molecule has 5 heteroatoms. The van der Waals surface area contributed by atoms with Gasteiger partial charge in [-0.15, -0.1) is 0 Å². The zero-order chi connectivity index (χ0) is 19.5. The molecule has 0 radical (unpaired) electrons. The van der Waals surface area contributed by atoms with E-state index in [9.17, 15) is 5.11 Å². The maximum absolute atomic E-state index is 10.1. The molecule has 3 N–H and O–H groups in total. The summed E-state index contributed by atoms with van der Waals surface area (Å²) >= 11 is 0. The first-order valence-corrected chi connectivity index (χ1v) is 10.1. The summed E-state index contributed by atoms with van der Waals surface area (Å²) in [6.45, 7) is 4.01. The second-order valence-electron chi connectivity index (χ2n) is 8.68. The van der Waals surface area contributed by atoms with Gasteiger partial charge in [0.05, 0.1) is 11.8 Å². The molecule has 2 aliphatic carbocycles. The molecule has 0 unspecified atom stereocenters. The van der Waals surface area contributed by atoms with E-state index in [1.165, 1.54) is 11.1 Å². The number of aromatic nitrogens is 1. The number of aliphatic hydroxyl groups excluding tert-OH is 1. The Morgan fingerprint density at radius 1 is 1.04 bits per heavy atom. The highest BCUT2D eigenvalue weighted by Crippen LogP contribution is 2.61. The molecular weight excluding hydrogens is 348 g/mol. The van der Waals surface area contributed by atoms with E-state index in [1.54, 1.807) is 0 Å². The minimum Gasteiger partial charge on any atom is -0.393 e. The van der Waals surface area contributed by atoms with Crippen molar-refractivity contribution in [1.29, 1.82) is 0 Å². The van der Waals surface area contributed by atoms with Gasteiger partial charge in [0.25, 0.3) is 0 Å². The Morgan fingerprint density at radius 2 is 1.82 bits per heavy atom. The van der Waals surface area contributed by atoms with Crippen LogP contribution in [0.15, 0.2) is 46.6 Å². The normalized spacial score (nSPS) is 31.2. The first-order valence-electron chi connectivity index (χ1n) is 10.1. The second kappa shape index (κ2) is 5.98. The van der Waals surface area contributed by atoms with E-state index in [4.69, 9.17) is 15.7 Å². The summed E-state index contributed by atoms with van der Waals surface area (Å²) in [7, 11) is 0. The first-order chi connectivity index (χ1) is 13.4. The predicted molar refractivity (Wildman–Crippen MR) is 111 cm³/mol. The summed E-state index contributed by atoms with van der Waals surface area (Å²) < 4.78 is 0. The topological polar surface area (TPSA) is 83.9 Å². The van der Waals surface area contributed by atoms with Gasteiger partial charge in [0.1, 0.15) is 5.84 Å². The number of rotatable bonds is 1. The largest absolute Gasteiger partial charge is 0.393 e. The molecular formula is C23H26N4O. The standard InChI is InChI=1S/C23H26N4O/c1-14-9-18(13-25-12-14)16-3-4-17-11-22(7-5-19(28)6-8-22)23(20(17)10-16)26-15(2)21(24)27-23/h3-4,9-10,12-13,19,28H,5-8,11H2,1-2H3,(H2,24,27)/t19?,22?,23-/m0/s1. The fourth-order valence-corrected chi connectivity index (χ4v) is 5.34. The van der Waals surface area contributed by atoms with Crippen molar-refractivity contribution in [2.24, 2.45) is 21.1 Å². The number of nitrogens with two attached hydrogens (primary N) is 1. The number of amidine groups is 1. The van der Waals surface area contributed by atoms with E-state index in [-0.39, 0.29) is 11.5 Å². The van der Waals surface area contributed by atoms with E-state index in [0.29, 0.717) is 5.84 Å². The van der Waals surface area contributed by atoms with Gasteiger partial charge in [-0.25, -0.2) is 4.99 Å². The summed E-state index contributed by atoms with van der Waals surface area (Å²) in [5.74, 6) is 0.543. The van der Waals surface area contributed by atoms with E-state index in [1.807, 2.05) is 19.3 Å². The number of aliphatic imine (C=N–C) groups is 2.